The number of piperazine rings is 1. The minimum Gasteiger partial charge on any atom is -0.382 e. The lowest BCUT2D eigenvalue weighted by molar-refractivity contribution is -0.143. The van der Waals surface area contributed by atoms with Gasteiger partial charge in [-0.15, -0.1) is 0 Å². The summed E-state index contributed by atoms with van der Waals surface area (Å²) in [5.41, 5.74) is 1.01. The lowest BCUT2D eigenvalue weighted by atomic mass is 10.0. The zero-order valence-electron chi connectivity index (χ0n) is 14.0. The maximum absolute atomic E-state index is 12.5. The van der Waals surface area contributed by atoms with Crippen LogP contribution in [0.5, 0.6) is 0 Å². The summed E-state index contributed by atoms with van der Waals surface area (Å²) < 4.78 is 0. The Bertz CT molecular complexity index is 422. The average Bonchev–Trinajstić information content (AvgIpc) is 3.18. The third-order valence-electron chi connectivity index (χ3n) is 5.31. The molecule has 5 nitrogen and oxygen atoms in total. The van der Waals surface area contributed by atoms with E-state index in [0.29, 0.717) is 12.3 Å². The number of carbonyl (C=O) groups is 1. The van der Waals surface area contributed by atoms with E-state index in [2.05, 4.69) is 23.9 Å². The van der Waals surface area contributed by atoms with E-state index in [1.54, 1.807) is 0 Å². The summed E-state index contributed by atoms with van der Waals surface area (Å²) in [5.74, 6) is 1.38. The van der Waals surface area contributed by atoms with Gasteiger partial charge in [-0.2, -0.15) is 0 Å². The Balaban J connectivity index is 1.42. The zero-order chi connectivity index (χ0) is 15.5. The predicted molar refractivity (Wildman–Crippen MR) is 86.7 cm³/mol. The summed E-state index contributed by atoms with van der Waals surface area (Å²) in [6, 6.07) is 0. The first-order chi connectivity index (χ1) is 10.6. The van der Waals surface area contributed by atoms with Gasteiger partial charge in [0, 0.05) is 39.1 Å². The second-order valence-electron chi connectivity index (χ2n) is 7.31. The quantitative estimate of drug-likeness (QED) is 0.799. The van der Waals surface area contributed by atoms with Crippen LogP contribution < -0.4 is 0 Å². The minimum absolute atomic E-state index is 0.125. The Morgan fingerprint density at radius 2 is 1.91 bits per heavy atom. The van der Waals surface area contributed by atoms with Crippen molar-refractivity contribution in [2.45, 2.75) is 52.1 Å². The Kier molecular flexibility index (Phi) is 5.01. The van der Waals surface area contributed by atoms with E-state index in [1.807, 2.05) is 4.90 Å². The number of amides is 1. The second kappa shape index (κ2) is 6.99. The summed E-state index contributed by atoms with van der Waals surface area (Å²) in [7, 11) is 0. The molecular weight excluding hydrogens is 278 g/mol. The van der Waals surface area contributed by atoms with Crippen molar-refractivity contribution < 1.29 is 9.63 Å². The van der Waals surface area contributed by atoms with Crippen LogP contribution in [-0.2, 0) is 9.63 Å². The molecule has 2 heterocycles. The van der Waals surface area contributed by atoms with Gasteiger partial charge in [0.2, 0.25) is 6.10 Å². The number of carbonyl (C=O) groups excluding carboxylic acids is 1. The van der Waals surface area contributed by atoms with Gasteiger partial charge in [-0.25, -0.2) is 0 Å². The molecule has 0 aromatic heterocycles. The maximum Gasteiger partial charge on any atom is 0.266 e. The highest BCUT2D eigenvalue weighted by atomic mass is 16.6. The first-order valence-electron chi connectivity index (χ1n) is 8.87. The second-order valence-corrected chi connectivity index (χ2v) is 7.31. The first kappa shape index (κ1) is 15.8. The van der Waals surface area contributed by atoms with E-state index in [-0.39, 0.29) is 12.0 Å². The fraction of sp³-hybridized carbons (Fsp3) is 0.882. The molecule has 1 atom stereocenters. The third kappa shape index (κ3) is 3.62. The van der Waals surface area contributed by atoms with Crippen molar-refractivity contribution in [3.05, 3.63) is 0 Å². The van der Waals surface area contributed by atoms with Gasteiger partial charge in [-0.05, 0) is 24.7 Å². The van der Waals surface area contributed by atoms with Gasteiger partial charge in [0.15, 0.2) is 0 Å². The summed E-state index contributed by atoms with van der Waals surface area (Å²) in [6.07, 6.45) is 5.88. The molecular formula is C17H29N3O2. The molecule has 0 aromatic rings. The van der Waals surface area contributed by atoms with Gasteiger partial charge < -0.3 is 9.74 Å². The van der Waals surface area contributed by atoms with Crippen LogP contribution in [0.3, 0.4) is 0 Å². The van der Waals surface area contributed by atoms with Crippen molar-refractivity contribution in [1.82, 2.24) is 9.80 Å². The summed E-state index contributed by atoms with van der Waals surface area (Å²) in [5, 5.41) is 4.07. The summed E-state index contributed by atoms with van der Waals surface area (Å²) in [4.78, 5) is 22.4. The molecule has 0 radical (unpaired) electrons. The molecule has 0 bridgehead atoms. The molecule has 1 saturated carbocycles. The van der Waals surface area contributed by atoms with Gasteiger partial charge in [0.25, 0.3) is 5.91 Å². The fourth-order valence-corrected chi connectivity index (χ4v) is 3.78. The van der Waals surface area contributed by atoms with E-state index in [0.717, 1.165) is 37.8 Å². The summed E-state index contributed by atoms with van der Waals surface area (Å²) in [6.45, 7) is 9.10. The standard InChI is InChI=1S/C17H29N3O2/c1-13(2)15-11-16(22-18-15)17(21)20-9-7-19(8-10-20)12-14-5-3-4-6-14/h13-14,16H,3-12H2,1-2H3/t16-/m1/s1. The zero-order valence-corrected chi connectivity index (χ0v) is 14.0. The maximum atomic E-state index is 12.5. The van der Waals surface area contributed by atoms with Crippen molar-refractivity contribution >= 4 is 11.6 Å². The van der Waals surface area contributed by atoms with Crippen LogP contribution in [0.4, 0.5) is 0 Å². The molecule has 22 heavy (non-hydrogen) atoms. The van der Waals surface area contributed by atoms with Crippen LogP contribution >= 0.6 is 0 Å². The van der Waals surface area contributed by atoms with Crippen LogP contribution in [0, 0.1) is 11.8 Å². The lowest BCUT2D eigenvalue weighted by Crippen LogP contribution is -2.52. The van der Waals surface area contributed by atoms with E-state index in [9.17, 15) is 4.79 Å². The normalized spacial score (nSPS) is 27.3. The van der Waals surface area contributed by atoms with E-state index >= 15 is 0 Å². The molecule has 0 aromatic carbocycles. The first-order valence-corrected chi connectivity index (χ1v) is 8.87. The van der Waals surface area contributed by atoms with Crippen LogP contribution in [-0.4, -0.2) is 60.2 Å². The fourth-order valence-electron chi connectivity index (χ4n) is 3.78. The van der Waals surface area contributed by atoms with Crippen LogP contribution in [0.15, 0.2) is 5.16 Å². The van der Waals surface area contributed by atoms with Crippen molar-refractivity contribution in [3.8, 4) is 0 Å². The topological polar surface area (TPSA) is 45.1 Å². The molecule has 1 amide bonds. The number of hydrogen-bond acceptors (Lipinski definition) is 4. The molecule has 2 fully saturated rings. The van der Waals surface area contributed by atoms with E-state index in [1.165, 1.54) is 32.2 Å². The van der Waals surface area contributed by atoms with Gasteiger partial charge in [0.05, 0.1) is 5.71 Å². The van der Waals surface area contributed by atoms with Crippen LogP contribution in [0.1, 0.15) is 46.0 Å². The van der Waals surface area contributed by atoms with Gasteiger partial charge in [-0.3, -0.25) is 9.69 Å². The molecule has 0 spiro atoms. The molecule has 3 rings (SSSR count). The number of hydrogen-bond donors (Lipinski definition) is 0. The smallest absolute Gasteiger partial charge is 0.266 e. The molecule has 3 aliphatic rings. The number of rotatable bonds is 4. The van der Waals surface area contributed by atoms with Gasteiger partial charge >= 0.3 is 0 Å². The third-order valence-corrected chi connectivity index (χ3v) is 5.31. The minimum atomic E-state index is -0.376. The molecule has 2 aliphatic heterocycles. The Morgan fingerprint density at radius 3 is 2.50 bits per heavy atom. The van der Waals surface area contributed by atoms with E-state index in [4.69, 9.17) is 4.84 Å². The highest BCUT2D eigenvalue weighted by Gasteiger charge is 2.34. The molecule has 124 valence electrons. The monoisotopic (exact) mass is 307 g/mol. The number of nitrogens with zero attached hydrogens (tertiary/aromatic N) is 3. The van der Waals surface area contributed by atoms with Crippen molar-refractivity contribution in [3.63, 3.8) is 0 Å². The molecule has 1 aliphatic carbocycles. The Morgan fingerprint density at radius 1 is 1.23 bits per heavy atom. The average molecular weight is 307 g/mol. The SMILES string of the molecule is CC(C)C1=NO[C@@H](C(=O)N2CCN(CC3CCCC3)CC2)C1. The van der Waals surface area contributed by atoms with Gasteiger partial charge in [-0.1, -0.05) is 31.8 Å². The Hall–Kier alpha value is -1.10. The van der Waals surface area contributed by atoms with Crippen molar-refractivity contribution in [2.75, 3.05) is 32.7 Å². The van der Waals surface area contributed by atoms with Crippen molar-refractivity contribution in [1.29, 1.82) is 0 Å². The summed E-state index contributed by atoms with van der Waals surface area (Å²) >= 11 is 0. The predicted octanol–water partition coefficient (Wildman–Crippen LogP) is 2.12. The van der Waals surface area contributed by atoms with Crippen LogP contribution in [0.25, 0.3) is 0 Å². The van der Waals surface area contributed by atoms with Crippen LogP contribution in [0.2, 0.25) is 0 Å². The molecule has 5 heteroatoms. The highest BCUT2D eigenvalue weighted by molar-refractivity contribution is 5.93. The molecule has 0 unspecified atom stereocenters. The molecule has 0 N–H and O–H groups in total. The largest absolute Gasteiger partial charge is 0.382 e. The number of oxime groups is 1. The van der Waals surface area contributed by atoms with Gasteiger partial charge in [0.1, 0.15) is 0 Å². The Labute approximate surface area is 133 Å². The van der Waals surface area contributed by atoms with Crippen molar-refractivity contribution in [2.24, 2.45) is 17.0 Å². The highest BCUT2D eigenvalue weighted by Crippen LogP contribution is 2.26. The van der Waals surface area contributed by atoms with E-state index < -0.39 is 0 Å². The lowest BCUT2D eigenvalue weighted by Gasteiger charge is -2.36. The molecule has 1 saturated heterocycles.